The van der Waals surface area contributed by atoms with Gasteiger partial charge in [-0.15, -0.1) is 11.6 Å². The van der Waals surface area contributed by atoms with Crippen molar-refractivity contribution >= 4 is 34.8 Å². The summed E-state index contributed by atoms with van der Waals surface area (Å²) in [6.07, 6.45) is 4.78. The lowest BCUT2D eigenvalue weighted by Gasteiger charge is -2.11. The molecule has 0 amide bonds. The van der Waals surface area contributed by atoms with Crippen molar-refractivity contribution in [2.24, 2.45) is 0 Å². The Morgan fingerprint density at radius 2 is 1.75 bits per heavy atom. The van der Waals surface area contributed by atoms with E-state index in [-0.39, 0.29) is 5.38 Å². The molecule has 1 unspecified atom stereocenters. The summed E-state index contributed by atoms with van der Waals surface area (Å²) in [5, 5.41) is 0.754. The Balaban J connectivity index is 2.38. The van der Waals surface area contributed by atoms with E-state index in [9.17, 15) is 0 Å². The first-order valence-electron chi connectivity index (χ1n) is 4.52. The molecule has 0 aliphatic carbocycles. The van der Waals surface area contributed by atoms with Gasteiger partial charge in [-0.1, -0.05) is 29.3 Å². The van der Waals surface area contributed by atoms with Gasteiger partial charge < -0.3 is 0 Å². The van der Waals surface area contributed by atoms with Crippen molar-refractivity contribution in [3.05, 3.63) is 58.1 Å². The molecule has 0 radical (unpaired) electrons. The normalized spacial score (nSPS) is 12.4. The highest BCUT2D eigenvalue weighted by molar-refractivity contribution is 6.36. The van der Waals surface area contributed by atoms with Crippen LogP contribution in [0, 0.1) is 0 Å². The van der Waals surface area contributed by atoms with E-state index in [1.165, 1.54) is 6.33 Å². The quantitative estimate of drug-likeness (QED) is 0.770. The zero-order valence-corrected chi connectivity index (χ0v) is 10.3. The molecule has 2 nitrogen and oxygen atoms in total. The van der Waals surface area contributed by atoms with Crippen LogP contribution in [-0.2, 0) is 0 Å². The summed E-state index contributed by atoms with van der Waals surface area (Å²) < 4.78 is 0. The standard InChI is InChI=1S/C11H7Cl3N2/c12-8-1-2-9(10(13)3-8)11(14)7-4-15-6-16-5-7/h1-6,11H. The number of hydrogen-bond acceptors (Lipinski definition) is 2. The van der Waals surface area contributed by atoms with Crippen LogP contribution in [0.5, 0.6) is 0 Å². The Labute approximate surface area is 108 Å². The van der Waals surface area contributed by atoms with Crippen molar-refractivity contribution in [3.63, 3.8) is 0 Å². The van der Waals surface area contributed by atoms with Crippen LogP contribution in [0.3, 0.4) is 0 Å². The third-order valence-electron chi connectivity index (χ3n) is 2.11. The molecule has 0 aliphatic heterocycles. The van der Waals surface area contributed by atoms with Gasteiger partial charge in [0.1, 0.15) is 6.33 Å². The van der Waals surface area contributed by atoms with E-state index in [0.29, 0.717) is 10.0 Å². The highest BCUT2D eigenvalue weighted by Crippen LogP contribution is 2.34. The van der Waals surface area contributed by atoms with Gasteiger partial charge in [-0.05, 0) is 17.7 Å². The molecule has 82 valence electrons. The number of halogens is 3. The highest BCUT2D eigenvalue weighted by atomic mass is 35.5. The van der Waals surface area contributed by atoms with Crippen molar-refractivity contribution in [2.75, 3.05) is 0 Å². The van der Waals surface area contributed by atoms with Gasteiger partial charge in [0.15, 0.2) is 0 Å². The average Bonchev–Trinajstić information content (AvgIpc) is 2.29. The van der Waals surface area contributed by atoms with Crippen molar-refractivity contribution in [1.82, 2.24) is 9.97 Å². The molecule has 0 saturated heterocycles. The van der Waals surface area contributed by atoms with Crippen LogP contribution < -0.4 is 0 Å². The van der Waals surface area contributed by atoms with Crippen molar-refractivity contribution in [2.45, 2.75) is 5.38 Å². The largest absolute Gasteiger partial charge is 0.244 e. The maximum Gasteiger partial charge on any atom is 0.115 e. The molecule has 0 aliphatic rings. The van der Waals surface area contributed by atoms with Crippen LogP contribution in [0.25, 0.3) is 0 Å². The van der Waals surface area contributed by atoms with E-state index in [4.69, 9.17) is 34.8 Å². The summed E-state index contributed by atoms with van der Waals surface area (Å²) in [6, 6.07) is 5.22. The van der Waals surface area contributed by atoms with Crippen LogP contribution in [0.1, 0.15) is 16.5 Å². The second-order valence-corrected chi connectivity index (χ2v) is 4.48. The maximum absolute atomic E-state index is 6.28. The Bertz CT molecular complexity index is 488. The number of benzene rings is 1. The number of rotatable bonds is 2. The van der Waals surface area contributed by atoms with E-state index in [1.807, 2.05) is 0 Å². The number of aromatic nitrogens is 2. The fourth-order valence-electron chi connectivity index (χ4n) is 1.33. The number of alkyl halides is 1. The van der Waals surface area contributed by atoms with E-state index < -0.39 is 0 Å². The predicted molar refractivity (Wildman–Crippen MR) is 66.2 cm³/mol. The fraction of sp³-hybridized carbons (Fsp3) is 0.0909. The molecular weight excluding hydrogens is 266 g/mol. The minimum Gasteiger partial charge on any atom is -0.244 e. The highest BCUT2D eigenvalue weighted by Gasteiger charge is 2.14. The molecule has 0 fully saturated rings. The molecular formula is C11H7Cl3N2. The zero-order valence-electron chi connectivity index (χ0n) is 8.07. The van der Waals surface area contributed by atoms with Gasteiger partial charge in [0, 0.05) is 28.0 Å². The molecule has 5 heteroatoms. The van der Waals surface area contributed by atoms with E-state index in [0.717, 1.165) is 11.1 Å². The van der Waals surface area contributed by atoms with Crippen LogP contribution in [0.4, 0.5) is 0 Å². The van der Waals surface area contributed by atoms with Gasteiger partial charge in [0.25, 0.3) is 0 Å². The second kappa shape index (κ2) is 5.00. The maximum atomic E-state index is 6.28. The summed E-state index contributed by atoms with van der Waals surface area (Å²) in [7, 11) is 0. The van der Waals surface area contributed by atoms with Crippen LogP contribution in [0.15, 0.2) is 36.9 Å². The van der Waals surface area contributed by atoms with Crippen molar-refractivity contribution in [3.8, 4) is 0 Å². The van der Waals surface area contributed by atoms with Gasteiger partial charge in [0.2, 0.25) is 0 Å². The van der Waals surface area contributed by atoms with E-state index >= 15 is 0 Å². The molecule has 0 spiro atoms. The average molecular weight is 274 g/mol. The lowest BCUT2D eigenvalue weighted by Crippen LogP contribution is -1.95. The molecule has 0 saturated carbocycles. The second-order valence-electron chi connectivity index (χ2n) is 3.20. The zero-order chi connectivity index (χ0) is 11.5. The van der Waals surface area contributed by atoms with Crippen LogP contribution in [-0.4, -0.2) is 9.97 Å². The molecule has 1 aromatic carbocycles. The third-order valence-corrected chi connectivity index (χ3v) is 3.16. The smallest absolute Gasteiger partial charge is 0.115 e. The first-order chi connectivity index (χ1) is 7.68. The van der Waals surface area contributed by atoms with Gasteiger partial charge in [0.05, 0.1) is 5.38 Å². The lowest BCUT2D eigenvalue weighted by atomic mass is 10.1. The minimum absolute atomic E-state index is 0.369. The molecule has 2 aromatic rings. The van der Waals surface area contributed by atoms with Gasteiger partial charge in [-0.2, -0.15) is 0 Å². The first kappa shape index (κ1) is 11.6. The van der Waals surface area contributed by atoms with Crippen molar-refractivity contribution in [1.29, 1.82) is 0 Å². The Morgan fingerprint density at radius 3 is 2.38 bits per heavy atom. The third kappa shape index (κ3) is 2.46. The lowest BCUT2D eigenvalue weighted by molar-refractivity contribution is 1.05. The molecule has 0 N–H and O–H groups in total. The van der Waals surface area contributed by atoms with Crippen LogP contribution in [0.2, 0.25) is 10.0 Å². The summed E-state index contributed by atoms with van der Waals surface area (Å²) in [6.45, 7) is 0. The van der Waals surface area contributed by atoms with Crippen molar-refractivity contribution < 1.29 is 0 Å². The summed E-state index contributed by atoms with van der Waals surface area (Å²) in [4.78, 5) is 7.83. The minimum atomic E-state index is -0.369. The van der Waals surface area contributed by atoms with E-state index in [1.54, 1.807) is 30.6 Å². The molecule has 1 heterocycles. The summed E-state index contributed by atoms with van der Waals surface area (Å²) in [5.41, 5.74) is 1.59. The Morgan fingerprint density at radius 1 is 1.06 bits per heavy atom. The number of hydrogen-bond donors (Lipinski definition) is 0. The summed E-state index contributed by atoms with van der Waals surface area (Å²) >= 11 is 18.2. The molecule has 0 bridgehead atoms. The molecule has 16 heavy (non-hydrogen) atoms. The van der Waals surface area contributed by atoms with E-state index in [2.05, 4.69) is 9.97 Å². The Hall–Kier alpha value is -0.830. The topological polar surface area (TPSA) is 25.8 Å². The number of nitrogens with zero attached hydrogens (tertiary/aromatic N) is 2. The monoisotopic (exact) mass is 272 g/mol. The predicted octanol–water partition coefficient (Wildman–Crippen LogP) is 4.11. The fourth-order valence-corrected chi connectivity index (χ4v) is 2.20. The molecule has 1 aromatic heterocycles. The SMILES string of the molecule is Clc1ccc(C(Cl)c2cncnc2)c(Cl)c1. The van der Waals surface area contributed by atoms with Crippen LogP contribution >= 0.6 is 34.8 Å². The molecule has 2 rings (SSSR count). The first-order valence-corrected chi connectivity index (χ1v) is 5.71. The van der Waals surface area contributed by atoms with Gasteiger partial charge in [-0.3, -0.25) is 0 Å². The summed E-state index contributed by atoms with van der Waals surface area (Å²) in [5.74, 6) is 0. The van der Waals surface area contributed by atoms with Gasteiger partial charge in [-0.25, -0.2) is 9.97 Å². The van der Waals surface area contributed by atoms with Gasteiger partial charge >= 0.3 is 0 Å². The molecule has 1 atom stereocenters. The Kier molecular flexibility index (Phi) is 3.64.